The summed E-state index contributed by atoms with van der Waals surface area (Å²) < 4.78 is 22.7. The molecule has 0 amide bonds. The first kappa shape index (κ1) is 12.4. The second kappa shape index (κ2) is 4.91. The third-order valence-corrected chi connectivity index (χ3v) is 4.18. The van der Waals surface area contributed by atoms with E-state index in [2.05, 4.69) is 0 Å². The van der Waals surface area contributed by atoms with Crippen molar-refractivity contribution in [2.24, 2.45) is 5.73 Å². The van der Waals surface area contributed by atoms with Crippen molar-refractivity contribution in [1.29, 1.82) is 0 Å². The van der Waals surface area contributed by atoms with E-state index < -0.39 is 21.8 Å². The van der Waals surface area contributed by atoms with Gasteiger partial charge in [0.25, 0.3) is 0 Å². The topological polar surface area (TPSA) is 101 Å². The highest BCUT2D eigenvalue weighted by Crippen LogP contribution is 2.14. The standard InChI is InChI=1S/C8H16N2O4S/c9-1-2-10-3-4-15(13,14)6-7(10)5-8(11)12/h7H,1-6,9H2,(H,11,12). The fourth-order valence-corrected chi connectivity index (χ4v) is 3.36. The van der Waals surface area contributed by atoms with E-state index in [4.69, 9.17) is 10.8 Å². The van der Waals surface area contributed by atoms with Gasteiger partial charge in [-0.2, -0.15) is 0 Å². The minimum absolute atomic E-state index is 0.0701. The van der Waals surface area contributed by atoms with Crippen LogP contribution in [0, 0.1) is 0 Å². The van der Waals surface area contributed by atoms with Gasteiger partial charge in [-0.1, -0.05) is 0 Å². The van der Waals surface area contributed by atoms with Crippen LogP contribution in [0.15, 0.2) is 0 Å². The Labute approximate surface area is 89.0 Å². The van der Waals surface area contributed by atoms with Gasteiger partial charge in [0.15, 0.2) is 9.84 Å². The Morgan fingerprint density at radius 2 is 2.20 bits per heavy atom. The summed E-state index contributed by atoms with van der Waals surface area (Å²) in [6.07, 6.45) is -0.140. The molecule has 0 bridgehead atoms. The van der Waals surface area contributed by atoms with Crippen LogP contribution in [0.25, 0.3) is 0 Å². The number of carboxylic acid groups (broad SMARTS) is 1. The molecule has 1 rings (SSSR count). The summed E-state index contributed by atoms with van der Waals surface area (Å²) in [5.74, 6) is -0.943. The van der Waals surface area contributed by atoms with E-state index in [9.17, 15) is 13.2 Å². The molecular weight excluding hydrogens is 220 g/mol. The molecule has 1 atom stereocenters. The van der Waals surface area contributed by atoms with Crippen molar-refractivity contribution >= 4 is 15.8 Å². The molecule has 1 aliphatic rings. The minimum atomic E-state index is -3.07. The number of hydrogen-bond donors (Lipinski definition) is 2. The van der Waals surface area contributed by atoms with Gasteiger partial charge in [0.2, 0.25) is 0 Å². The van der Waals surface area contributed by atoms with Gasteiger partial charge in [0.05, 0.1) is 17.9 Å². The highest BCUT2D eigenvalue weighted by molar-refractivity contribution is 7.91. The number of rotatable bonds is 4. The average Bonchev–Trinajstić information content (AvgIpc) is 2.08. The first-order valence-electron chi connectivity index (χ1n) is 4.81. The number of carbonyl (C=O) groups is 1. The van der Waals surface area contributed by atoms with Crippen LogP contribution >= 0.6 is 0 Å². The lowest BCUT2D eigenvalue weighted by Crippen LogP contribution is -2.50. The van der Waals surface area contributed by atoms with Crippen LogP contribution < -0.4 is 5.73 Å². The molecular formula is C8H16N2O4S. The van der Waals surface area contributed by atoms with Gasteiger partial charge < -0.3 is 10.8 Å². The number of hydrogen-bond acceptors (Lipinski definition) is 5. The van der Waals surface area contributed by atoms with E-state index in [1.165, 1.54) is 0 Å². The zero-order valence-corrected chi connectivity index (χ0v) is 9.24. The molecule has 0 spiro atoms. The maximum Gasteiger partial charge on any atom is 0.304 e. The number of carboxylic acids is 1. The predicted molar refractivity (Wildman–Crippen MR) is 55.3 cm³/mol. The molecule has 7 heteroatoms. The molecule has 0 aliphatic carbocycles. The number of nitrogens with zero attached hydrogens (tertiary/aromatic N) is 1. The highest BCUT2D eigenvalue weighted by Gasteiger charge is 2.31. The van der Waals surface area contributed by atoms with Crippen LogP contribution in [0.5, 0.6) is 0 Å². The lowest BCUT2D eigenvalue weighted by Gasteiger charge is -2.34. The van der Waals surface area contributed by atoms with E-state index in [-0.39, 0.29) is 17.9 Å². The number of nitrogens with two attached hydrogens (primary N) is 1. The molecule has 0 saturated carbocycles. The van der Waals surface area contributed by atoms with Gasteiger partial charge in [-0.25, -0.2) is 8.42 Å². The molecule has 0 aromatic rings. The summed E-state index contributed by atoms with van der Waals surface area (Å²) in [6.45, 7) is 1.35. The van der Waals surface area contributed by atoms with E-state index in [0.717, 1.165) is 0 Å². The van der Waals surface area contributed by atoms with Crippen LogP contribution in [0.1, 0.15) is 6.42 Å². The normalized spacial score (nSPS) is 26.3. The van der Waals surface area contributed by atoms with Crippen molar-refractivity contribution in [2.75, 3.05) is 31.1 Å². The smallest absolute Gasteiger partial charge is 0.304 e. The van der Waals surface area contributed by atoms with Gasteiger partial charge in [-0.15, -0.1) is 0 Å². The van der Waals surface area contributed by atoms with Gasteiger partial charge in [-0.05, 0) is 0 Å². The molecule has 0 radical (unpaired) electrons. The third kappa shape index (κ3) is 3.77. The maximum absolute atomic E-state index is 11.3. The molecule has 1 saturated heterocycles. The van der Waals surface area contributed by atoms with E-state index in [1.54, 1.807) is 0 Å². The Kier molecular flexibility index (Phi) is 4.06. The predicted octanol–water partition coefficient (Wildman–Crippen LogP) is -1.48. The van der Waals surface area contributed by atoms with Gasteiger partial charge in [-0.3, -0.25) is 9.69 Å². The Morgan fingerprint density at radius 1 is 1.53 bits per heavy atom. The van der Waals surface area contributed by atoms with Gasteiger partial charge in [0, 0.05) is 25.7 Å². The molecule has 3 N–H and O–H groups in total. The molecule has 0 aromatic carbocycles. The van der Waals surface area contributed by atoms with Crippen LogP contribution in [-0.2, 0) is 14.6 Å². The van der Waals surface area contributed by atoms with Crippen molar-refractivity contribution in [3.05, 3.63) is 0 Å². The molecule has 88 valence electrons. The first-order chi connectivity index (χ1) is 6.94. The zero-order valence-electron chi connectivity index (χ0n) is 8.42. The molecule has 1 aliphatic heterocycles. The molecule has 0 aromatic heterocycles. The Bertz CT molecular complexity index is 328. The van der Waals surface area contributed by atoms with Crippen LogP contribution in [0.2, 0.25) is 0 Å². The SMILES string of the molecule is NCCN1CCS(=O)(=O)CC1CC(=O)O. The summed E-state index contributed by atoms with van der Waals surface area (Å²) >= 11 is 0. The monoisotopic (exact) mass is 236 g/mol. The summed E-state index contributed by atoms with van der Waals surface area (Å²) in [5.41, 5.74) is 5.38. The average molecular weight is 236 g/mol. The third-order valence-electron chi connectivity index (χ3n) is 2.48. The lowest BCUT2D eigenvalue weighted by molar-refractivity contribution is -0.138. The van der Waals surface area contributed by atoms with Gasteiger partial charge >= 0.3 is 5.97 Å². The first-order valence-corrected chi connectivity index (χ1v) is 6.63. The Hall–Kier alpha value is -0.660. The quantitative estimate of drug-likeness (QED) is 0.617. The van der Waals surface area contributed by atoms with Crippen molar-refractivity contribution in [3.63, 3.8) is 0 Å². The second-order valence-electron chi connectivity index (χ2n) is 3.69. The van der Waals surface area contributed by atoms with Crippen molar-refractivity contribution in [1.82, 2.24) is 4.90 Å². The maximum atomic E-state index is 11.3. The Morgan fingerprint density at radius 3 is 2.73 bits per heavy atom. The second-order valence-corrected chi connectivity index (χ2v) is 5.92. The zero-order chi connectivity index (χ0) is 11.5. The Balaban J connectivity index is 2.68. The van der Waals surface area contributed by atoms with Crippen LogP contribution in [0.3, 0.4) is 0 Å². The van der Waals surface area contributed by atoms with E-state index in [0.29, 0.717) is 19.6 Å². The van der Waals surface area contributed by atoms with Crippen LogP contribution in [0.4, 0.5) is 0 Å². The van der Waals surface area contributed by atoms with Crippen molar-refractivity contribution in [2.45, 2.75) is 12.5 Å². The fourth-order valence-electron chi connectivity index (χ4n) is 1.77. The molecule has 6 nitrogen and oxygen atoms in total. The van der Waals surface area contributed by atoms with Gasteiger partial charge in [0.1, 0.15) is 0 Å². The molecule has 1 unspecified atom stereocenters. The largest absolute Gasteiger partial charge is 0.481 e. The molecule has 1 fully saturated rings. The van der Waals surface area contributed by atoms with E-state index >= 15 is 0 Å². The summed E-state index contributed by atoms with van der Waals surface area (Å²) in [6, 6.07) is -0.426. The lowest BCUT2D eigenvalue weighted by atomic mass is 10.2. The summed E-state index contributed by atoms with van der Waals surface area (Å²) in [7, 11) is -3.07. The number of aliphatic carboxylic acids is 1. The van der Waals surface area contributed by atoms with Crippen molar-refractivity contribution in [3.8, 4) is 0 Å². The number of sulfone groups is 1. The minimum Gasteiger partial charge on any atom is -0.481 e. The van der Waals surface area contributed by atoms with E-state index in [1.807, 2.05) is 4.90 Å². The van der Waals surface area contributed by atoms with Crippen LogP contribution in [-0.4, -0.2) is 61.6 Å². The molecule has 1 heterocycles. The summed E-state index contributed by atoms with van der Waals surface area (Å²) in [5, 5.41) is 8.67. The van der Waals surface area contributed by atoms with Crippen molar-refractivity contribution < 1.29 is 18.3 Å². The fraction of sp³-hybridized carbons (Fsp3) is 0.875. The molecule has 15 heavy (non-hydrogen) atoms. The highest BCUT2D eigenvalue weighted by atomic mass is 32.2. The summed E-state index contributed by atoms with van der Waals surface area (Å²) in [4.78, 5) is 12.4.